The summed E-state index contributed by atoms with van der Waals surface area (Å²) < 4.78 is 37.7. The lowest BCUT2D eigenvalue weighted by molar-refractivity contribution is -0.138. The fourth-order valence-electron chi connectivity index (χ4n) is 1.54. The van der Waals surface area contributed by atoms with E-state index in [1.165, 1.54) is 6.07 Å². The molecule has 84 valence electrons. The Morgan fingerprint density at radius 3 is 2.20 bits per heavy atom. The molecule has 0 aromatic heterocycles. The van der Waals surface area contributed by atoms with E-state index in [0.717, 1.165) is 5.56 Å². The Bertz CT molecular complexity index is 337. The number of benzene rings is 1. The van der Waals surface area contributed by atoms with E-state index < -0.39 is 11.7 Å². The van der Waals surface area contributed by atoms with Gasteiger partial charge in [-0.1, -0.05) is 32.9 Å². The third-order valence-corrected chi connectivity index (χ3v) is 2.48. The van der Waals surface area contributed by atoms with Crippen LogP contribution in [-0.4, -0.2) is 0 Å². The maximum Gasteiger partial charge on any atom is 0.416 e. The second-order valence-electron chi connectivity index (χ2n) is 3.92. The fourth-order valence-corrected chi connectivity index (χ4v) is 1.54. The lowest BCUT2D eigenvalue weighted by Crippen LogP contribution is -2.09. The normalized spacial score (nSPS) is 12.2. The van der Waals surface area contributed by atoms with Gasteiger partial charge in [0, 0.05) is 0 Å². The minimum atomic E-state index is -4.24. The molecular weight excluding hydrogens is 201 g/mol. The van der Waals surface area contributed by atoms with Crippen LogP contribution in [0.25, 0.3) is 0 Å². The minimum absolute atomic E-state index is 0.262. The molecule has 0 aliphatic carbocycles. The minimum Gasteiger partial charge on any atom is -0.166 e. The van der Waals surface area contributed by atoms with Gasteiger partial charge in [-0.15, -0.1) is 0 Å². The highest BCUT2D eigenvalue weighted by Crippen LogP contribution is 2.33. The molecule has 0 N–H and O–H groups in total. The van der Waals surface area contributed by atoms with Crippen LogP contribution in [0.1, 0.15) is 43.4 Å². The molecule has 0 spiro atoms. The van der Waals surface area contributed by atoms with Crippen LogP contribution in [0, 0.1) is 0 Å². The van der Waals surface area contributed by atoms with E-state index in [0.29, 0.717) is 12.0 Å². The molecule has 0 heterocycles. The van der Waals surface area contributed by atoms with Gasteiger partial charge in [-0.05, 0) is 29.5 Å². The molecule has 15 heavy (non-hydrogen) atoms. The van der Waals surface area contributed by atoms with Crippen molar-refractivity contribution in [1.82, 2.24) is 0 Å². The van der Waals surface area contributed by atoms with E-state index >= 15 is 0 Å². The highest BCUT2D eigenvalue weighted by molar-refractivity contribution is 5.35. The van der Waals surface area contributed by atoms with Crippen LogP contribution in [0.3, 0.4) is 0 Å². The molecule has 1 rings (SSSR count). The number of halogens is 3. The predicted molar refractivity (Wildman–Crippen MR) is 54.9 cm³/mol. The van der Waals surface area contributed by atoms with Crippen molar-refractivity contribution in [3.8, 4) is 0 Å². The van der Waals surface area contributed by atoms with Gasteiger partial charge in [0.2, 0.25) is 0 Å². The van der Waals surface area contributed by atoms with Crippen LogP contribution in [0.5, 0.6) is 0 Å². The number of alkyl halides is 3. The van der Waals surface area contributed by atoms with Gasteiger partial charge in [-0.2, -0.15) is 13.2 Å². The smallest absolute Gasteiger partial charge is 0.166 e. The van der Waals surface area contributed by atoms with Crippen molar-refractivity contribution in [3.05, 3.63) is 34.9 Å². The van der Waals surface area contributed by atoms with Gasteiger partial charge in [0.1, 0.15) is 0 Å². The molecule has 0 aliphatic heterocycles. The first-order valence-corrected chi connectivity index (χ1v) is 5.06. The second-order valence-corrected chi connectivity index (χ2v) is 3.92. The molecule has 0 saturated carbocycles. The van der Waals surface area contributed by atoms with Gasteiger partial charge >= 0.3 is 6.18 Å². The van der Waals surface area contributed by atoms with Gasteiger partial charge < -0.3 is 0 Å². The first-order chi connectivity index (χ1) is 6.86. The summed E-state index contributed by atoms with van der Waals surface area (Å²) in [6.07, 6.45) is -3.82. The van der Waals surface area contributed by atoms with E-state index in [9.17, 15) is 13.2 Å². The monoisotopic (exact) mass is 216 g/mol. The molecule has 0 amide bonds. The third kappa shape index (κ3) is 2.74. The molecule has 0 saturated heterocycles. The Morgan fingerprint density at radius 2 is 1.80 bits per heavy atom. The zero-order valence-electron chi connectivity index (χ0n) is 9.15. The van der Waals surface area contributed by atoms with Crippen molar-refractivity contribution in [1.29, 1.82) is 0 Å². The Kier molecular flexibility index (Phi) is 3.42. The summed E-state index contributed by atoms with van der Waals surface area (Å²) in [5.74, 6) is 0.262. The Labute approximate surface area is 88.1 Å². The summed E-state index contributed by atoms with van der Waals surface area (Å²) >= 11 is 0. The quantitative estimate of drug-likeness (QED) is 0.687. The van der Waals surface area contributed by atoms with Crippen LogP contribution in [-0.2, 0) is 12.6 Å². The highest BCUT2D eigenvalue weighted by Gasteiger charge is 2.32. The number of hydrogen-bond acceptors (Lipinski definition) is 0. The summed E-state index contributed by atoms with van der Waals surface area (Å²) in [6, 6.07) is 4.41. The van der Waals surface area contributed by atoms with Gasteiger partial charge in [0.25, 0.3) is 0 Å². The fraction of sp³-hybridized carbons (Fsp3) is 0.500. The number of hydrogen-bond donors (Lipinski definition) is 0. The Hall–Kier alpha value is -0.990. The van der Waals surface area contributed by atoms with Crippen molar-refractivity contribution in [2.45, 2.75) is 39.3 Å². The Morgan fingerprint density at radius 1 is 1.20 bits per heavy atom. The third-order valence-electron chi connectivity index (χ3n) is 2.48. The zero-order chi connectivity index (χ0) is 11.6. The molecule has 1 aromatic carbocycles. The molecule has 1 aromatic rings. The first kappa shape index (κ1) is 12.1. The highest BCUT2D eigenvalue weighted by atomic mass is 19.4. The van der Waals surface area contributed by atoms with Crippen molar-refractivity contribution in [2.75, 3.05) is 0 Å². The lowest BCUT2D eigenvalue weighted by atomic mass is 9.96. The van der Waals surface area contributed by atoms with Crippen molar-refractivity contribution >= 4 is 0 Å². The maximum atomic E-state index is 12.6. The SMILES string of the molecule is CCc1cc(C(C)C)ccc1C(F)(F)F. The van der Waals surface area contributed by atoms with Gasteiger partial charge in [-0.25, -0.2) is 0 Å². The molecule has 0 nitrogen and oxygen atoms in total. The summed E-state index contributed by atoms with van der Waals surface area (Å²) in [5, 5.41) is 0. The molecule has 0 atom stereocenters. The maximum absolute atomic E-state index is 12.6. The Balaban J connectivity index is 3.21. The van der Waals surface area contributed by atoms with E-state index in [2.05, 4.69) is 0 Å². The molecule has 0 fully saturated rings. The molecule has 0 unspecified atom stereocenters. The van der Waals surface area contributed by atoms with Crippen LogP contribution >= 0.6 is 0 Å². The van der Waals surface area contributed by atoms with Crippen molar-refractivity contribution in [3.63, 3.8) is 0 Å². The predicted octanol–water partition coefficient (Wildman–Crippen LogP) is 4.39. The van der Waals surface area contributed by atoms with E-state index in [-0.39, 0.29) is 5.92 Å². The lowest BCUT2D eigenvalue weighted by Gasteiger charge is -2.14. The molecule has 0 radical (unpaired) electrons. The average molecular weight is 216 g/mol. The summed E-state index contributed by atoms with van der Waals surface area (Å²) in [5.41, 5.74) is 0.836. The van der Waals surface area contributed by atoms with Crippen molar-refractivity contribution < 1.29 is 13.2 Å². The molecular formula is C12H15F3. The van der Waals surface area contributed by atoms with E-state index in [1.807, 2.05) is 13.8 Å². The van der Waals surface area contributed by atoms with Crippen LogP contribution < -0.4 is 0 Å². The van der Waals surface area contributed by atoms with Crippen LogP contribution in [0.2, 0.25) is 0 Å². The molecule has 3 heteroatoms. The van der Waals surface area contributed by atoms with Gasteiger partial charge in [0.05, 0.1) is 5.56 Å². The van der Waals surface area contributed by atoms with E-state index in [1.54, 1.807) is 19.1 Å². The number of aryl methyl sites for hydroxylation is 1. The van der Waals surface area contributed by atoms with Crippen LogP contribution in [0.15, 0.2) is 18.2 Å². The summed E-state index contributed by atoms with van der Waals surface area (Å²) in [6.45, 7) is 5.69. The van der Waals surface area contributed by atoms with Crippen molar-refractivity contribution in [2.24, 2.45) is 0 Å². The van der Waals surface area contributed by atoms with Gasteiger partial charge in [0.15, 0.2) is 0 Å². The first-order valence-electron chi connectivity index (χ1n) is 5.06. The molecule has 0 bridgehead atoms. The largest absolute Gasteiger partial charge is 0.416 e. The summed E-state index contributed by atoms with van der Waals surface area (Å²) in [7, 11) is 0. The number of rotatable bonds is 2. The molecule has 0 aliphatic rings. The summed E-state index contributed by atoms with van der Waals surface area (Å²) in [4.78, 5) is 0. The second kappa shape index (κ2) is 4.25. The average Bonchev–Trinajstić information content (AvgIpc) is 2.15. The topological polar surface area (TPSA) is 0 Å². The van der Waals surface area contributed by atoms with Crippen LogP contribution in [0.4, 0.5) is 13.2 Å². The van der Waals surface area contributed by atoms with E-state index in [4.69, 9.17) is 0 Å². The zero-order valence-corrected chi connectivity index (χ0v) is 9.15. The standard InChI is InChI=1S/C12H15F3/c1-4-9-7-10(8(2)3)5-6-11(9)12(13,14)15/h5-8H,4H2,1-3H3. The van der Waals surface area contributed by atoms with Gasteiger partial charge in [-0.3, -0.25) is 0 Å².